The molecule has 1 fully saturated rings. The van der Waals surface area contributed by atoms with Gasteiger partial charge in [0.1, 0.15) is 0 Å². The zero-order valence-corrected chi connectivity index (χ0v) is 16.4. The molecule has 152 valence electrons. The van der Waals surface area contributed by atoms with Gasteiger partial charge in [0, 0.05) is 63.1 Å². The van der Waals surface area contributed by atoms with Crippen LogP contribution in [0.5, 0.6) is 0 Å². The molecule has 8 nitrogen and oxygen atoms in total. The van der Waals surface area contributed by atoms with Crippen molar-refractivity contribution in [3.63, 3.8) is 0 Å². The summed E-state index contributed by atoms with van der Waals surface area (Å²) >= 11 is 0. The average Bonchev–Trinajstić information content (AvgIpc) is 2.99. The number of aromatic nitrogens is 3. The van der Waals surface area contributed by atoms with Gasteiger partial charge in [0.15, 0.2) is 0 Å². The number of pyridine rings is 1. The first-order chi connectivity index (χ1) is 14.1. The minimum absolute atomic E-state index is 0.0754. The van der Waals surface area contributed by atoms with Gasteiger partial charge >= 0.3 is 0 Å². The number of amides is 1. The van der Waals surface area contributed by atoms with Crippen molar-refractivity contribution in [2.75, 3.05) is 26.2 Å². The maximum absolute atomic E-state index is 12.9. The second-order valence-corrected chi connectivity index (χ2v) is 6.97. The molecule has 0 aliphatic carbocycles. The van der Waals surface area contributed by atoms with E-state index in [1.54, 1.807) is 6.20 Å². The SMILES string of the molecule is Cn1cc(CN2CCCN(C(=O)c3cnc4ccccc4c3)CC2)cn1.O=CO. The van der Waals surface area contributed by atoms with Gasteiger partial charge in [-0.3, -0.25) is 24.2 Å². The highest BCUT2D eigenvalue weighted by molar-refractivity contribution is 5.97. The van der Waals surface area contributed by atoms with E-state index in [-0.39, 0.29) is 12.4 Å². The number of carbonyl (C=O) groups is 2. The molecule has 0 radical (unpaired) electrons. The number of carbonyl (C=O) groups excluding carboxylic acids is 1. The fraction of sp³-hybridized carbons (Fsp3) is 0.333. The normalized spacial score (nSPS) is 14.7. The summed E-state index contributed by atoms with van der Waals surface area (Å²) in [5.41, 5.74) is 2.80. The van der Waals surface area contributed by atoms with E-state index in [0.29, 0.717) is 5.56 Å². The Labute approximate surface area is 169 Å². The number of fused-ring (bicyclic) bond motifs is 1. The Kier molecular flexibility index (Phi) is 6.91. The monoisotopic (exact) mass is 395 g/mol. The number of nitrogens with zero attached hydrogens (tertiary/aromatic N) is 5. The first-order valence-corrected chi connectivity index (χ1v) is 9.52. The number of rotatable bonds is 3. The lowest BCUT2D eigenvalue weighted by molar-refractivity contribution is -0.122. The summed E-state index contributed by atoms with van der Waals surface area (Å²) in [4.78, 5) is 30.1. The zero-order valence-electron chi connectivity index (χ0n) is 16.4. The van der Waals surface area contributed by atoms with Crippen LogP contribution < -0.4 is 0 Å². The fourth-order valence-corrected chi connectivity index (χ4v) is 3.51. The standard InChI is InChI=1S/C20H23N5O.CH2O2/c1-23-14-16(12-22-23)15-24-7-4-8-25(10-9-24)20(26)18-11-17-5-2-3-6-19(17)21-13-18;2-1-3/h2-3,5-6,11-14H,4,7-10,15H2,1H3;1H,(H,2,3). The Morgan fingerprint density at radius 2 is 1.97 bits per heavy atom. The number of para-hydroxylation sites is 1. The first kappa shape index (κ1) is 20.5. The summed E-state index contributed by atoms with van der Waals surface area (Å²) < 4.78 is 1.83. The van der Waals surface area contributed by atoms with E-state index in [1.807, 2.05) is 53.2 Å². The van der Waals surface area contributed by atoms with E-state index < -0.39 is 0 Å². The molecule has 8 heteroatoms. The van der Waals surface area contributed by atoms with E-state index >= 15 is 0 Å². The Morgan fingerprint density at radius 1 is 1.17 bits per heavy atom. The quantitative estimate of drug-likeness (QED) is 0.682. The van der Waals surface area contributed by atoms with Crippen molar-refractivity contribution in [2.24, 2.45) is 7.05 Å². The second kappa shape index (κ2) is 9.79. The number of benzene rings is 1. The summed E-state index contributed by atoms with van der Waals surface area (Å²) in [6, 6.07) is 9.84. The van der Waals surface area contributed by atoms with Crippen LogP contribution in [0.25, 0.3) is 10.9 Å². The fourth-order valence-electron chi connectivity index (χ4n) is 3.51. The van der Waals surface area contributed by atoms with E-state index in [9.17, 15) is 4.79 Å². The smallest absolute Gasteiger partial charge is 0.290 e. The molecule has 0 saturated carbocycles. The largest absolute Gasteiger partial charge is 0.483 e. The lowest BCUT2D eigenvalue weighted by Crippen LogP contribution is -2.35. The summed E-state index contributed by atoms with van der Waals surface area (Å²) in [6.07, 6.45) is 6.64. The molecule has 29 heavy (non-hydrogen) atoms. The van der Waals surface area contributed by atoms with Crippen LogP contribution in [-0.2, 0) is 18.4 Å². The van der Waals surface area contributed by atoms with Gasteiger partial charge in [0.2, 0.25) is 0 Å². The van der Waals surface area contributed by atoms with Crippen LogP contribution in [0.4, 0.5) is 0 Å². The Balaban J connectivity index is 0.000000755. The van der Waals surface area contributed by atoms with E-state index in [0.717, 1.165) is 50.0 Å². The third-order valence-corrected chi connectivity index (χ3v) is 4.88. The molecule has 1 amide bonds. The number of aryl methyl sites for hydroxylation is 1. The van der Waals surface area contributed by atoms with Gasteiger partial charge in [0.25, 0.3) is 12.4 Å². The van der Waals surface area contributed by atoms with Gasteiger partial charge in [-0.05, 0) is 18.6 Å². The van der Waals surface area contributed by atoms with Crippen LogP contribution in [-0.4, -0.2) is 68.2 Å². The molecular weight excluding hydrogens is 370 g/mol. The molecule has 0 bridgehead atoms. The molecule has 1 aliphatic rings. The van der Waals surface area contributed by atoms with Crippen LogP contribution in [0.2, 0.25) is 0 Å². The number of carboxylic acid groups (broad SMARTS) is 1. The molecule has 0 atom stereocenters. The van der Waals surface area contributed by atoms with Crippen molar-refractivity contribution in [3.05, 3.63) is 60.0 Å². The van der Waals surface area contributed by atoms with Crippen LogP contribution in [0.3, 0.4) is 0 Å². The van der Waals surface area contributed by atoms with Crippen LogP contribution in [0.1, 0.15) is 22.3 Å². The van der Waals surface area contributed by atoms with Gasteiger partial charge in [-0.15, -0.1) is 0 Å². The Bertz CT molecular complexity index is 972. The summed E-state index contributed by atoms with van der Waals surface area (Å²) in [7, 11) is 1.93. The molecule has 2 aromatic heterocycles. The van der Waals surface area contributed by atoms with E-state index in [4.69, 9.17) is 9.90 Å². The first-order valence-electron chi connectivity index (χ1n) is 9.52. The molecular formula is C21H25N5O3. The van der Waals surface area contributed by atoms with Gasteiger partial charge in [-0.2, -0.15) is 5.10 Å². The Morgan fingerprint density at radius 3 is 2.72 bits per heavy atom. The molecule has 1 aliphatic heterocycles. The zero-order chi connectivity index (χ0) is 20.6. The van der Waals surface area contributed by atoms with Gasteiger partial charge in [-0.1, -0.05) is 18.2 Å². The van der Waals surface area contributed by atoms with E-state index in [2.05, 4.69) is 21.2 Å². The molecule has 1 aromatic carbocycles. The molecule has 3 aromatic rings. The van der Waals surface area contributed by atoms with Crippen molar-refractivity contribution < 1.29 is 14.7 Å². The van der Waals surface area contributed by atoms with Gasteiger partial charge in [-0.25, -0.2) is 0 Å². The van der Waals surface area contributed by atoms with Crippen LogP contribution >= 0.6 is 0 Å². The minimum Gasteiger partial charge on any atom is -0.483 e. The predicted octanol–water partition coefficient (Wildman–Crippen LogP) is 2.02. The van der Waals surface area contributed by atoms with Crippen molar-refractivity contribution >= 4 is 23.3 Å². The van der Waals surface area contributed by atoms with Crippen LogP contribution in [0, 0.1) is 0 Å². The lowest BCUT2D eigenvalue weighted by Gasteiger charge is -2.21. The molecule has 0 unspecified atom stereocenters. The van der Waals surface area contributed by atoms with E-state index in [1.165, 1.54) is 5.56 Å². The van der Waals surface area contributed by atoms with Crippen molar-refractivity contribution in [2.45, 2.75) is 13.0 Å². The highest BCUT2D eigenvalue weighted by Crippen LogP contribution is 2.16. The molecule has 1 saturated heterocycles. The Hall–Kier alpha value is -3.26. The van der Waals surface area contributed by atoms with Crippen molar-refractivity contribution in [1.82, 2.24) is 24.6 Å². The lowest BCUT2D eigenvalue weighted by atomic mass is 10.1. The summed E-state index contributed by atoms with van der Waals surface area (Å²) in [6.45, 7) is 4.03. The van der Waals surface area contributed by atoms with Gasteiger partial charge in [0.05, 0.1) is 17.3 Å². The van der Waals surface area contributed by atoms with Crippen molar-refractivity contribution in [3.8, 4) is 0 Å². The minimum atomic E-state index is -0.250. The van der Waals surface area contributed by atoms with Crippen LogP contribution in [0.15, 0.2) is 48.9 Å². The second-order valence-electron chi connectivity index (χ2n) is 6.97. The topological polar surface area (TPSA) is 91.6 Å². The maximum atomic E-state index is 12.9. The number of hydrogen-bond donors (Lipinski definition) is 1. The molecule has 4 rings (SSSR count). The third kappa shape index (κ3) is 5.39. The number of hydrogen-bond acceptors (Lipinski definition) is 5. The molecule has 0 spiro atoms. The highest BCUT2D eigenvalue weighted by Gasteiger charge is 2.21. The highest BCUT2D eigenvalue weighted by atomic mass is 16.3. The van der Waals surface area contributed by atoms with Gasteiger partial charge < -0.3 is 10.0 Å². The molecule has 1 N–H and O–H groups in total. The summed E-state index contributed by atoms with van der Waals surface area (Å²) in [5.74, 6) is 0.0754. The predicted molar refractivity (Wildman–Crippen MR) is 109 cm³/mol. The van der Waals surface area contributed by atoms with Crippen molar-refractivity contribution in [1.29, 1.82) is 0 Å². The maximum Gasteiger partial charge on any atom is 0.290 e. The average molecular weight is 395 g/mol. The summed E-state index contributed by atoms with van der Waals surface area (Å²) in [5, 5.41) is 12.1. The molecule has 3 heterocycles. The third-order valence-electron chi connectivity index (χ3n) is 4.88.